The minimum Gasteiger partial charge on any atom is -0.481 e. The van der Waals surface area contributed by atoms with Crippen LogP contribution in [0, 0.1) is 44.8 Å². The van der Waals surface area contributed by atoms with Crippen LogP contribution in [0.25, 0.3) is 10.9 Å². The third-order valence-electron chi connectivity index (χ3n) is 15.1. The van der Waals surface area contributed by atoms with Crippen molar-refractivity contribution in [1.82, 2.24) is 20.0 Å². The number of carbonyl (C=O) groups is 1. The molecule has 3 aromatic rings. The second kappa shape index (κ2) is 9.13. The molecule has 6 nitrogen and oxygen atoms in total. The van der Waals surface area contributed by atoms with E-state index in [1.54, 1.807) is 0 Å². The van der Waals surface area contributed by atoms with Crippen LogP contribution in [0.1, 0.15) is 117 Å². The van der Waals surface area contributed by atoms with Crippen molar-refractivity contribution in [3.05, 3.63) is 59.1 Å². The maximum atomic E-state index is 13.0. The van der Waals surface area contributed by atoms with E-state index in [-0.39, 0.29) is 33.0 Å². The first kappa shape index (κ1) is 29.5. The molecular formula is C39H52N4O2. The number of rotatable bonds is 3. The molecule has 1 aromatic carbocycles. The van der Waals surface area contributed by atoms with Crippen molar-refractivity contribution in [2.24, 2.45) is 44.8 Å². The van der Waals surface area contributed by atoms with Gasteiger partial charge in [-0.3, -0.25) is 4.79 Å². The molecule has 2 aromatic heterocycles. The molecule has 6 heteroatoms. The lowest BCUT2D eigenvalue weighted by Crippen LogP contribution is -2.65. The molecule has 0 bridgehead atoms. The number of aromatic amines is 1. The molecule has 0 spiro atoms. The van der Waals surface area contributed by atoms with E-state index in [0.717, 1.165) is 57.0 Å². The van der Waals surface area contributed by atoms with Gasteiger partial charge in [0.1, 0.15) is 0 Å². The summed E-state index contributed by atoms with van der Waals surface area (Å²) >= 11 is 0. The van der Waals surface area contributed by atoms with Gasteiger partial charge in [0.2, 0.25) is 0 Å². The van der Waals surface area contributed by atoms with Gasteiger partial charge >= 0.3 is 5.97 Å². The lowest BCUT2D eigenvalue weighted by molar-refractivity contribution is -0.177. The van der Waals surface area contributed by atoms with Crippen LogP contribution in [-0.2, 0) is 23.2 Å². The van der Waals surface area contributed by atoms with Gasteiger partial charge in [-0.15, -0.1) is 5.10 Å². The van der Waals surface area contributed by atoms with Gasteiger partial charge in [-0.05, 0) is 126 Å². The Morgan fingerprint density at radius 1 is 1.00 bits per heavy atom. The van der Waals surface area contributed by atoms with Crippen molar-refractivity contribution < 1.29 is 9.90 Å². The van der Waals surface area contributed by atoms with Crippen molar-refractivity contribution in [3.63, 3.8) is 0 Å². The summed E-state index contributed by atoms with van der Waals surface area (Å²) < 4.78 is 2.20. The second-order valence-electron chi connectivity index (χ2n) is 18.0. The molecule has 3 saturated carbocycles. The van der Waals surface area contributed by atoms with Crippen LogP contribution in [0.4, 0.5) is 0 Å². The number of carboxylic acid groups (broad SMARTS) is 1. The summed E-state index contributed by atoms with van der Waals surface area (Å²) in [5, 5.41) is 21.7. The topological polar surface area (TPSA) is 83.8 Å². The van der Waals surface area contributed by atoms with E-state index in [0.29, 0.717) is 11.8 Å². The first-order chi connectivity index (χ1) is 21.1. The van der Waals surface area contributed by atoms with Gasteiger partial charge in [0.15, 0.2) is 0 Å². The number of H-pyrrole nitrogens is 1. The number of fused-ring (bicyclic) bond motifs is 9. The molecule has 2 N–H and O–H groups in total. The molecule has 0 saturated heterocycles. The summed E-state index contributed by atoms with van der Waals surface area (Å²) in [5.41, 5.74) is 6.26. The largest absolute Gasteiger partial charge is 0.481 e. The van der Waals surface area contributed by atoms with Crippen molar-refractivity contribution in [3.8, 4) is 0 Å². The van der Waals surface area contributed by atoms with Crippen LogP contribution in [0.2, 0.25) is 0 Å². The number of aromatic nitrogens is 4. The first-order valence-electron chi connectivity index (χ1n) is 17.6. The number of aliphatic carboxylic acids is 1. The minimum atomic E-state index is -0.586. The van der Waals surface area contributed by atoms with E-state index in [9.17, 15) is 9.90 Å². The average molecular weight is 609 g/mol. The highest BCUT2D eigenvalue weighted by molar-refractivity contribution is 5.80. The zero-order chi connectivity index (χ0) is 31.8. The maximum Gasteiger partial charge on any atom is 0.310 e. The van der Waals surface area contributed by atoms with E-state index < -0.39 is 11.4 Å². The smallest absolute Gasteiger partial charge is 0.310 e. The number of hydrogen-bond acceptors (Lipinski definition) is 3. The summed E-state index contributed by atoms with van der Waals surface area (Å²) in [7, 11) is 0. The Labute approximate surface area is 268 Å². The number of allylic oxidation sites excluding steroid dienone is 2. The monoisotopic (exact) mass is 608 g/mol. The number of hydrogen-bond donors (Lipinski definition) is 2. The highest BCUT2D eigenvalue weighted by atomic mass is 16.4. The van der Waals surface area contributed by atoms with Crippen LogP contribution in [0.3, 0.4) is 0 Å². The van der Waals surface area contributed by atoms with Crippen LogP contribution in [0.5, 0.6) is 0 Å². The van der Waals surface area contributed by atoms with Crippen molar-refractivity contribution in [1.29, 1.82) is 0 Å². The summed E-state index contributed by atoms with van der Waals surface area (Å²) in [6, 6.07) is 8.79. The molecule has 8 rings (SSSR count). The van der Waals surface area contributed by atoms with Gasteiger partial charge < -0.3 is 10.1 Å². The highest BCUT2D eigenvalue weighted by Gasteiger charge is 2.69. The number of benzene rings is 1. The molecule has 0 radical (unpaired) electrons. The van der Waals surface area contributed by atoms with Crippen LogP contribution >= 0.6 is 0 Å². The van der Waals surface area contributed by atoms with Crippen LogP contribution in [0.15, 0.2) is 42.1 Å². The number of nitrogens with one attached hydrogen (secondary N) is 1. The predicted octanol–water partition coefficient (Wildman–Crippen LogP) is 8.71. The average Bonchev–Trinajstić information content (AvgIpc) is 3.59. The predicted molar refractivity (Wildman–Crippen MR) is 178 cm³/mol. The Balaban J connectivity index is 1.17. The Morgan fingerprint density at radius 3 is 2.56 bits per heavy atom. The molecule has 5 aliphatic rings. The van der Waals surface area contributed by atoms with E-state index in [2.05, 4.69) is 88.5 Å². The molecule has 0 unspecified atom stereocenters. The molecule has 240 valence electrons. The maximum absolute atomic E-state index is 13.0. The van der Waals surface area contributed by atoms with Gasteiger partial charge in [0.25, 0.3) is 0 Å². The molecule has 2 heterocycles. The lowest BCUT2D eigenvalue weighted by Gasteiger charge is -2.70. The standard InChI is InChI=1S/C39H52N4O2/c1-34(2)15-17-39(33(44)45)18-16-37(6)26(27(39)21-34)9-11-31-36(5)22-29-32(35(3,4)30(36)12-14-38(31,37)7)43(42-41-29)23-24-8-10-28-25(20-24)13-19-40-28/h8-10,13,19-20,27,30-31,40H,11-12,14-18,21-23H2,1-7H3,(H,44,45)/t27-,30-,31+,36-,37+,38+,39-/m0/s1. The van der Waals surface area contributed by atoms with Crippen molar-refractivity contribution in [2.45, 2.75) is 118 Å². The fraction of sp³-hybridized carbons (Fsp3) is 0.667. The second-order valence-corrected chi connectivity index (χ2v) is 18.0. The summed E-state index contributed by atoms with van der Waals surface area (Å²) in [6.45, 7) is 18.1. The van der Waals surface area contributed by atoms with Crippen LogP contribution < -0.4 is 0 Å². The van der Waals surface area contributed by atoms with Crippen LogP contribution in [-0.4, -0.2) is 31.1 Å². The third-order valence-corrected chi connectivity index (χ3v) is 15.1. The van der Waals surface area contributed by atoms with Gasteiger partial charge in [-0.2, -0.15) is 0 Å². The fourth-order valence-corrected chi connectivity index (χ4v) is 12.6. The Bertz CT molecular complexity index is 1740. The molecular weight excluding hydrogens is 556 g/mol. The van der Waals surface area contributed by atoms with Crippen molar-refractivity contribution >= 4 is 16.9 Å². The number of carboxylic acids is 1. The number of nitrogens with zero attached hydrogens (tertiary/aromatic N) is 3. The Morgan fingerprint density at radius 2 is 1.78 bits per heavy atom. The highest BCUT2D eigenvalue weighted by Crippen LogP contribution is 2.75. The molecule has 45 heavy (non-hydrogen) atoms. The minimum absolute atomic E-state index is 0.0276. The van der Waals surface area contributed by atoms with Gasteiger partial charge in [0, 0.05) is 17.1 Å². The molecule has 5 aliphatic carbocycles. The summed E-state index contributed by atoms with van der Waals surface area (Å²) in [5.74, 6) is 0.668. The fourth-order valence-electron chi connectivity index (χ4n) is 12.6. The van der Waals surface area contributed by atoms with E-state index >= 15 is 0 Å². The summed E-state index contributed by atoms with van der Waals surface area (Å²) in [6.07, 6.45) is 13.6. The molecule has 0 amide bonds. The van der Waals surface area contributed by atoms with Gasteiger partial charge in [0.05, 0.1) is 23.3 Å². The third kappa shape index (κ3) is 3.77. The lowest BCUT2D eigenvalue weighted by atomic mass is 9.34. The molecule has 7 atom stereocenters. The van der Waals surface area contributed by atoms with Gasteiger partial charge in [-0.25, -0.2) is 4.68 Å². The first-order valence-corrected chi connectivity index (χ1v) is 17.6. The quantitative estimate of drug-likeness (QED) is 0.291. The zero-order valence-electron chi connectivity index (χ0n) is 28.5. The van der Waals surface area contributed by atoms with E-state index in [1.165, 1.54) is 40.8 Å². The Kier molecular flexibility index (Phi) is 5.99. The Hall–Kier alpha value is -2.89. The van der Waals surface area contributed by atoms with E-state index in [1.807, 2.05) is 6.20 Å². The van der Waals surface area contributed by atoms with E-state index in [4.69, 9.17) is 10.3 Å². The summed E-state index contributed by atoms with van der Waals surface area (Å²) in [4.78, 5) is 16.3. The normalized spacial score (nSPS) is 39.5. The molecule has 3 fully saturated rings. The van der Waals surface area contributed by atoms with Gasteiger partial charge in [-0.1, -0.05) is 71.4 Å². The van der Waals surface area contributed by atoms with Crippen molar-refractivity contribution in [2.75, 3.05) is 0 Å². The zero-order valence-corrected chi connectivity index (χ0v) is 28.5. The molecule has 0 aliphatic heterocycles. The SMILES string of the molecule is CC1(C)CC[C@]2(C(=O)O)CC[C@]3(C)C(=CC[C@@H]4[C@@]5(C)Cc6nnn(Cc7ccc8[nH]ccc8c7)c6C(C)(C)[C@@H]5CC[C@]43C)[C@@H]2C1.